The highest BCUT2D eigenvalue weighted by atomic mass is 127. The first-order valence-electron chi connectivity index (χ1n) is 11.6. The number of aliphatic hydroxyl groups excluding tert-OH is 2. The summed E-state index contributed by atoms with van der Waals surface area (Å²) in [5.74, 6) is -0.000821. The molecule has 186 valence electrons. The average molecular weight is 584 g/mol. The number of carbonyl (C=O) groups excluding carboxylic acids is 2. The largest absolute Gasteiger partial charge is 0.482 e. The van der Waals surface area contributed by atoms with Crippen LogP contribution in [0.25, 0.3) is 0 Å². The van der Waals surface area contributed by atoms with E-state index in [2.05, 4.69) is 27.9 Å². The van der Waals surface area contributed by atoms with Gasteiger partial charge >= 0.3 is 0 Å². The number of ether oxygens (including phenoxy) is 2. The molecule has 3 N–H and O–H groups in total. The first-order valence-corrected chi connectivity index (χ1v) is 12.6. The summed E-state index contributed by atoms with van der Waals surface area (Å²) in [5, 5.41) is 23.2. The van der Waals surface area contributed by atoms with Crippen molar-refractivity contribution in [3.8, 4) is 5.75 Å². The second-order valence-corrected chi connectivity index (χ2v) is 9.96. The Bertz CT molecular complexity index is 924. The van der Waals surface area contributed by atoms with Gasteiger partial charge < -0.3 is 29.9 Å². The van der Waals surface area contributed by atoms with E-state index in [0.29, 0.717) is 24.5 Å². The number of para-hydroxylation sites is 1. The molecular formula is C25H33IN2O6. The highest BCUT2D eigenvalue weighted by Gasteiger charge is 2.41. The Kier molecular flexibility index (Phi) is 9.93. The van der Waals surface area contributed by atoms with Gasteiger partial charge in [-0.05, 0) is 67.5 Å². The highest BCUT2D eigenvalue weighted by molar-refractivity contribution is 14.1. The van der Waals surface area contributed by atoms with E-state index in [4.69, 9.17) is 14.6 Å². The zero-order chi connectivity index (χ0) is 24.7. The minimum absolute atomic E-state index is 0.113. The number of hydrogen-bond acceptors (Lipinski definition) is 6. The normalized spacial score (nSPS) is 24.2. The molecule has 0 radical (unpaired) electrons. The maximum absolute atomic E-state index is 13.2. The van der Waals surface area contributed by atoms with Gasteiger partial charge in [-0.1, -0.05) is 17.7 Å². The number of benzene rings is 1. The summed E-state index contributed by atoms with van der Waals surface area (Å²) >= 11 is 2.15. The molecule has 8 nitrogen and oxygen atoms in total. The van der Waals surface area contributed by atoms with Gasteiger partial charge in [0.05, 0.1) is 22.3 Å². The van der Waals surface area contributed by atoms with Gasteiger partial charge in [-0.3, -0.25) is 9.59 Å². The van der Waals surface area contributed by atoms with Crippen molar-refractivity contribution in [1.29, 1.82) is 0 Å². The predicted octanol–water partition coefficient (Wildman–Crippen LogP) is 2.18. The monoisotopic (exact) mass is 584 g/mol. The van der Waals surface area contributed by atoms with E-state index in [-0.39, 0.29) is 37.5 Å². The third-order valence-corrected chi connectivity index (χ3v) is 6.73. The molecule has 4 atom stereocenters. The number of carbonyl (C=O) groups is 2. The fourth-order valence-electron chi connectivity index (χ4n) is 4.19. The van der Waals surface area contributed by atoms with Crippen molar-refractivity contribution < 1.29 is 29.3 Å². The second-order valence-electron chi connectivity index (χ2n) is 8.79. The Balaban J connectivity index is 1.94. The number of rotatable bonds is 9. The van der Waals surface area contributed by atoms with Gasteiger partial charge in [-0.25, -0.2) is 0 Å². The third kappa shape index (κ3) is 7.03. The summed E-state index contributed by atoms with van der Waals surface area (Å²) in [7, 11) is 0. The molecule has 1 aliphatic carbocycles. The van der Waals surface area contributed by atoms with Crippen LogP contribution in [0.15, 0.2) is 47.6 Å². The SMILES string of the molecule is CC(C)=CC(=O)N(CC1CCCO1)C1CC(C(=O)NCCO)=CC(Oc2ccccc2I)C1O. The van der Waals surface area contributed by atoms with Crippen LogP contribution in [0.2, 0.25) is 0 Å². The molecule has 3 rings (SSSR count). The molecule has 4 unspecified atom stereocenters. The van der Waals surface area contributed by atoms with Gasteiger partial charge in [-0.15, -0.1) is 0 Å². The summed E-state index contributed by atoms with van der Waals surface area (Å²) in [6.07, 6.45) is 3.08. The number of amides is 2. The van der Waals surface area contributed by atoms with Gasteiger partial charge in [0, 0.05) is 37.8 Å². The van der Waals surface area contributed by atoms with E-state index in [9.17, 15) is 14.7 Å². The molecule has 1 aromatic rings. The summed E-state index contributed by atoms with van der Waals surface area (Å²) in [6.45, 7) is 4.59. The topological polar surface area (TPSA) is 108 Å². The van der Waals surface area contributed by atoms with E-state index >= 15 is 0 Å². The molecule has 34 heavy (non-hydrogen) atoms. The van der Waals surface area contributed by atoms with Crippen LogP contribution in [0.1, 0.15) is 33.1 Å². The van der Waals surface area contributed by atoms with Crippen LogP contribution in [0.5, 0.6) is 5.75 Å². The van der Waals surface area contributed by atoms with Gasteiger partial charge in [-0.2, -0.15) is 0 Å². The molecule has 1 aliphatic heterocycles. The molecule has 2 amide bonds. The van der Waals surface area contributed by atoms with E-state index in [0.717, 1.165) is 22.0 Å². The molecule has 0 spiro atoms. The molecule has 1 heterocycles. The summed E-state index contributed by atoms with van der Waals surface area (Å²) < 4.78 is 12.8. The van der Waals surface area contributed by atoms with Gasteiger partial charge in [0.2, 0.25) is 11.8 Å². The smallest absolute Gasteiger partial charge is 0.247 e. The Morgan fingerprint density at radius 2 is 2.09 bits per heavy atom. The second kappa shape index (κ2) is 12.7. The minimum atomic E-state index is -1.05. The van der Waals surface area contributed by atoms with Gasteiger partial charge in [0.15, 0.2) is 0 Å². The zero-order valence-electron chi connectivity index (χ0n) is 19.6. The first-order chi connectivity index (χ1) is 16.3. The number of allylic oxidation sites excluding steroid dienone is 1. The molecule has 9 heteroatoms. The average Bonchev–Trinajstić information content (AvgIpc) is 3.31. The zero-order valence-corrected chi connectivity index (χ0v) is 21.7. The van der Waals surface area contributed by atoms with E-state index < -0.39 is 18.2 Å². The minimum Gasteiger partial charge on any atom is -0.482 e. The summed E-state index contributed by atoms with van der Waals surface area (Å²) in [5.41, 5.74) is 1.25. The highest BCUT2D eigenvalue weighted by Crippen LogP contribution is 2.30. The molecular weight excluding hydrogens is 551 g/mol. The van der Waals surface area contributed by atoms with Crippen LogP contribution < -0.4 is 10.1 Å². The number of aliphatic hydroxyl groups is 2. The van der Waals surface area contributed by atoms with E-state index in [1.807, 2.05) is 32.0 Å². The molecule has 1 fully saturated rings. The Morgan fingerprint density at radius 3 is 2.74 bits per heavy atom. The van der Waals surface area contributed by atoms with Crippen LogP contribution >= 0.6 is 22.6 Å². The molecule has 2 aliphatic rings. The molecule has 1 saturated heterocycles. The fraction of sp³-hybridized carbons (Fsp3) is 0.520. The number of nitrogens with zero attached hydrogens (tertiary/aromatic N) is 1. The van der Waals surface area contributed by atoms with Crippen molar-refractivity contribution >= 4 is 34.4 Å². The van der Waals surface area contributed by atoms with Crippen LogP contribution in [0.4, 0.5) is 0 Å². The van der Waals surface area contributed by atoms with Crippen LogP contribution in [0, 0.1) is 3.57 Å². The van der Waals surface area contributed by atoms with E-state index in [1.165, 1.54) is 0 Å². The third-order valence-electron chi connectivity index (χ3n) is 5.83. The maximum Gasteiger partial charge on any atom is 0.247 e. The Labute approximate surface area is 214 Å². The number of halogens is 1. The quantitative estimate of drug-likeness (QED) is 0.304. The Morgan fingerprint density at radius 1 is 1.32 bits per heavy atom. The lowest BCUT2D eigenvalue weighted by Gasteiger charge is -2.41. The van der Waals surface area contributed by atoms with Crippen molar-refractivity contribution in [2.24, 2.45) is 0 Å². The Hall–Kier alpha value is -1.95. The van der Waals surface area contributed by atoms with Gasteiger partial charge in [0.25, 0.3) is 0 Å². The van der Waals surface area contributed by atoms with E-state index in [1.54, 1.807) is 23.1 Å². The van der Waals surface area contributed by atoms with Crippen molar-refractivity contribution in [3.05, 3.63) is 51.1 Å². The van der Waals surface area contributed by atoms with Crippen LogP contribution in [0.3, 0.4) is 0 Å². The molecule has 0 aromatic heterocycles. The summed E-state index contributed by atoms with van der Waals surface area (Å²) in [4.78, 5) is 27.7. The van der Waals surface area contributed by atoms with Gasteiger partial charge in [0.1, 0.15) is 18.0 Å². The lowest BCUT2D eigenvalue weighted by molar-refractivity contribution is -0.135. The molecule has 0 bridgehead atoms. The summed E-state index contributed by atoms with van der Waals surface area (Å²) in [6, 6.07) is 6.74. The fourth-order valence-corrected chi connectivity index (χ4v) is 4.71. The standard InChI is InChI=1S/C25H33IN2O6/c1-16(2)12-23(30)28(15-18-6-5-11-33-18)20-13-17(25(32)27-9-10-29)14-22(24(20)31)34-21-8-4-3-7-19(21)26/h3-4,7-8,12,14,18,20,22,24,29,31H,5-6,9-11,13,15H2,1-2H3,(H,27,32). The first kappa shape index (κ1) is 26.7. The number of hydrogen-bond donors (Lipinski definition) is 3. The van der Waals surface area contributed by atoms with Crippen molar-refractivity contribution in [2.75, 3.05) is 26.3 Å². The van der Waals surface area contributed by atoms with Crippen molar-refractivity contribution in [3.63, 3.8) is 0 Å². The molecule has 1 aromatic carbocycles. The van der Waals surface area contributed by atoms with Crippen LogP contribution in [-0.4, -0.2) is 77.6 Å². The van der Waals surface area contributed by atoms with Crippen LogP contribution in [-0.2, 0) is 14.3 Å². The number of nitrogens with one attached hydrogen (secondary N) is 1. The maximum atomic E-state index is 13.2. The van der Waals surface area contributed by atoms with Crippen molar-refractivity contribution in [2.45, 2.75) is 57.5 Å². The predicted molar refractivity (Wildman–Crippen MR) is 136 cm³/mol. The molecule has 0 saturated carbocycles. The van der Waals surface area contributed by atoms with Crippen molar-refractivity contribution in [1.82, 2.24) is 10.2 Å². The lowest BCUT2D eigenvalue weighted by atomic mass is 9.87. The lowest BCUT2D eigenvalue weighted by Crippen LogP contribution is -2.56.